The van der Waals surface area contributed by atoms with Crippen molar-refractivity contribution in [3.63, 3.8) is 0 Å². The van der Waals surface area contributed by atoms with Gasteiger partial charge in [0.1, 0.15) is 17.4 Å². The Labute approximate surface area is 97.8 Å². The fourth-order valence-electron chi connectivity index (χ4n) is 1.73. The predicted molar refractivity (Wildman–Crippen MR) is 63.1 cm³/mol. The first kappa shape index (κ1) is 9.55. The fraction of sp³-hybridized carbons (Fsp3) is 0. The maximum atomic E-state index is 8.82. The quantitative estimate of drug-likeness (QED) is 0.632. The minimum absolute atomic E-state index is 0.422. The van der Waals surface area contributed by atoms with Gasteiger partial charge in [0.25, 0.3) is 0 Å². The summed E-state index contributed by atoms with van der Waals surface area (Å²) in [7, 11) is 0. The Balaban J connectivity index is 2.16. The third kappa shape index (κ3) is 1.64. The van der Waals surface area contributed by atoms with Crippen molar-refractivity contribution < 1.29 is 0 Å². The molecule has 0 aliphatic carbocycles. The van der Waals surface area contributed by atoms with Crippen LogP contribution in [0.3, 0.4) is 0 Å². The largest absolute Gasteiger partial charge is 0.307 e. The van der Waals surface area contributed by atoms with Crippen LogP contribution in [-0.4, -0.2) is 14.4 Å². The number of hydrogen-bond donors (Lipinski definition) is 0. The van der Waals surface area contributed by atoms with Crippen LogP contribution in [0.5, 0.6) is 0 Å². The lowest BCUT2D eigenvalue weighted by Gasteiger charge is -2.01. The van der Waals surface area contributed by atoms with Gasteiger partial charge in [-0.1, -0.05) is 6.07 Å². The van der Waals surface area contributed by atoms with Crippen molar-refractivity contribution in [1.82, 2.24) is 14.4 Å². The van der Waals surface area contributed by atoms with E-state index < -0.39 is 0 Å². The van der Waals surface area contributed by atoms with Crippen molar-refractivity contribution in [3.05, 3.63) is 54.6 Å². The molecule has 0 fully saturated rings. The SMILES string of the molecule is N#Cc1cccc(-c2ccn3ccnc3c2)n1. The van der Waals surface area contributed by atoms with Crippen molar-refractivity contribution in [2.75, 3.05) is 0 Å². The summed E-state index contributed by atoms with van der Waals surface area (Å²) in [6, 6.07) is 11.3. The zero-order valence-electron chi connectivity index (χ0n) is 8.91. The molecule has 4 heteroatoms. The summed E-state index contributed by atoms with van der Waals surface area (Å²) in [5.41, 5.74) is 3.03. The second-order valence-corrected chi connectivity index (χ2v) is 3.63. The Hall–Kier alpha value is -2.67. The first-order valence-corrected chi connectivity index (χ1v) is 5.17. The fourth-order valence-corrected chi connectivity index (χ4v) is 1.73. The van der Waals surface area contributed by atoms with Gasteiger partial charge in [-0.2, -0.15) is 5.26 Å². The molecule has 3 aromatic heterocycles. The van der Waals surface area contributed by atoms with Crippen LogP contribution < -0.4 is 0 Å². The van der Waals surface area contributed by atoms with Gasteiger partial charge in [-0.05, 0) is 24.3 Å². The predicted octanol–water partition coefficient (Wildman–Crippen LogP) is 2.27. The van der Waals surface area contributed by atoms with E-state index in [0.29, 0.717) is 5.69 Å². The Kier molecular flexibility index (Phi) is 2.09. The Morgan fingerprint density at radius 2 is 2.12 bits per heavy atom. The van der Waals surface area contributed by atoms with Crippen molar-refractivity contribution in [2.45, 2.75) is 0 Å². The number of nitriles is 1. The lowest BCUT2D eigenvalue weighted by Crippen LogP contribution is -1.89. The first-order valence-electron chi connectivity index (χ1n) is 5.17. The summed E-state index contributed by atoms with van der Waals surface area (Å²) in [6.07, 6.45) is 5.56. The highest BCUT2D eigenvalue weighted by atomic mass is 15.0. The Morgan fingerprint density at radius 3 is 3.00 bits per heavy atom. The molecule has 0 unspecified atom stereocenters. The van der Waals surface area contributed by atoms with E-state index in [1.807, 2.05) is 47.1 Å². The Morgan fingerprint density at radius 1 is 1.18 bits per heavy atom. The average Bonchev–Trinajstić information content (AvgIpc) is 2.86. The van der Waals surface area contributed by atoms with Crippen LogP contribution in [0, 0.1) is 11.3 Å². The van der Waals surface area contributed by atoms with Crippen molar-refractivity contribution in [2.24, 2.45) is 0 Å². The van der Waals surface area contributed by atoms with Crippen LogP contribution in [0.15, 0.2) is 48.9 Å². The summed E-state index contributed by atoms with van der Waals surface area (Å²) in [6.45, 7) is 0. The van der Waals surface area contributed by atoms with Crippen LogP contribution in [0.2, 0.25) is 0 Å². The van der Waals surface area contributed by atoms with Crippen LogP contribution >= 0.6 is 0 Å². The number of fused-ring (bicyclic) bond motifs is 1. The molecule has 0 aromatic carbocycles. The highest BCUT2D eigenvalue weighted by molar-refractivity contribution is 5.64. The van der Waals surface area contributed by atoms with Gasteiger partial charge < -0.3 is 4.40 Å². The molecule has 0 radical (unpaired) electrons. The highest BCUT2D eigenvalue weighted by Gasteiger charge is 2.02. The van der Waals surface area contributed by atoms with Crippen molar-refractivity contribution in [3.8, 4) is 17.3 Å². The molecule has 3 aromatic rings. The maximum absolute atomic E-state index is 8.82. The van der Waals surface area contributed by atoms with Crippen LogP contribution in [0.4, 0.5) is 0 Å². The molecular formula is C13H8N4. The van der Waals surface area contributed by atoms with Gasteiger partial charge in [0.2, 0.25) is 0 Å². The van der Waals surface area contributed by atoms with Gasteiger partial charge in [-0.25, -0.2) is 9.97 Å². The molecule has 3 rings (SSSR count). The molecule has 0 saturated heterocycles. The molecule has 17 heavy (non-hydrogen) atoms. The highest BCUT2D eigenvalue weighted by Crippen LogP contribution is 2.18. The van der Waals surface area contributed by atoms with E-state index in [1.54, 1.807) is 12.3 Å². The van der Waals surface area contributed by atoms with Crippen LogP contribution in [0.25, 0.3) is 16.9 Å². The van der Waals surface area contributed by atoms with Gasteiger partial charge in [0.05, 0.1) is 5.69 Å². The number of rotatable bonds is 1. The molecule has 80 valence electrons. The number of pyridine rings is 2. The van der Waals surface area contributed by atoms with Gasteiger partial charge in [0, 0.05) is 24.2 Å². The van der Waals surface area contributed by atoms with Crippen molar-refractivity contribution in [1.29, 1.82) is 5.26 Å². The zero-order chi connectivity index (χ0) is 11.7. The number of hydrogen-bond acceptors (Lipinski definition) is 3. The van der Waals surface area contributed by atoms with Gasteiger partial charge in [-0.3, -0.25) is 0 Å². The first-order chi connectivity index (χ1) is 8.36. The summed E-state index contributed by atoms with van der Waals surface area (Å²) in [5.74, 6) is 0. The summed E-state index contributed by atoms with van der Waals surface area (Å²) >= 11 is 0. The van der Waals surface area contributed by atoms with E-state index in [2.05, 4.69) is 9.97 Å². The lowest BCUT2D eigenvalue weighted by atomic mass is 10.1. The Bertz CT molecular complexity index is 721. The molecule has 0 saturated carbocycles. The molecule has 0 bridgehead atoms. The van der Waals surface area contributed by atoms with E-state index in [0.717, 1.165) is 16.9 Å². The number of aromatic nitrogens is 3. The van der Waals surface area contributed by atoms with Gasteiger partial charge >= 0.3 is 0 Å². The molecule has 0 spiro atoms. The minimum atomic E-state index is 0.422. The molecule has 3 heterocycles. The topological polar surface area (TPSA) is 54.0 Å². The molecule has 0 aliphatic heterocycles. The van der Waals surface area contributed by atoms with E-state index in [-0.39, 0.29) is 0 Å². The lowest BCUT2D eigenvalue weighted by molar-refractivity contribution is 1.18. The number of nitrogens with zero attached hydrogens (tertiary/aromatic N) is 4. The maximum Gasteiger partial charge on any atom is 0.141 e. The van der Waals surface area contributed by atoms with E-state index >= 15 is 0 Å². The van der Waals surface area contributed by atoms with Crippen LogP contribution in [-0.2, 0) is 0 Å². The van der Waals surface area contributed by atoms with Crippen molar-refractivity contribution >= 4 is 5.65 Å². The smallest absolute Gasteiger partial charge is 0.141 e. The zero-order valence-corrected chi connectivity index (χ0v) is 8.91. The van der Waals surface area contributed by atoms with Crippen LogP contribution in [0.1, 0.15) is 5.69 Å². The molecule has 0 amide bonds. The van der Waals surface area contributed by atoms with E-state index in [1.165, 1.54) is 0 Å². The van der Waals surface area contributed by atoms with E-state index in [9.17, 15) is 0 Å². The number of imidazole rings is 1. The third-order valence-corrected chi connectivity index (χ3v) is 2.56. The molecule has 0 aliphatic rings. The normalized spacial score (nSPS) is 10.3. The molecule has 4 nitrogen and oxygen atoms in total. The second kappa shape index (κ2) is 3.72. The molecule has 0 N–H and O–H groups in total. The monoisotopic (exact) mass is 220 g/mol. The van der Waals surface area contributed by atoms with Gasteiger partial charge in [-0.15, -0.1) is 0 Å². The van der Waals surface area contributed by atoms with Gasteiger partial charge in [0.15, 0.2) is 0 Å². The summed E-state index contributed by atoms with van der Waals surface area (Å²) in [5, 5.41) is 8.82. The second-order valence-electron chi connectivity index (χ2n) is 3.63. The average molecular weight is 220 g/mol. The molecule has 0 atom stereocenters. The minimum Gasteiger partial charge on any atom is -0.307 e. The third-order valence-electron chi connectivity index (χ3n) is 2.56. The summed E-state index contributed by atoms with van der Waals surface area (Å²) in [4.78, 5) is 8.47. The van der Waals surface area contributed by atoms with E-state index in [4.69, 9.17) is 5.26 Å². The summed E-state index contributed by atoms with van der Waals surface area (Å²) < 4.78 is 1.93. The molecular weight excluding hydrogens is 212 g/mol. The standard InChI is InChI=1S/C13H8N4/c14-9-11-2-1-3-12(16-11)10-4-6-17-7-5-15-13(17)8-10/h1-8H.